The molecule has 0 aromatic heterocycles. The maximum absolute atomic E-state index is 11.3. The second-order valence-corrected chi connectivity index (χ2v) is 4.72. The van der Waals surface area contributed by atoms with Crippen LogP contribution in [-0.4, -0.2) is 23.7 Å². The van der Waals surface area contributed by atoms with Crippen molar-refractivity contribution >= 4 is 11.7 Å². The molecule has 0 heterocycles. The fraction of sp³-hybridized carbons (Fsp3) is 0.533. The smallest absolute Gasteiger partial charge is 0.326 e. The maximum atomic E-state index is 11.3. The molecule has 1 N–H and O–H groups in total. The van der Waals surface area contributed by atoms with E-state index in [1.165, 1.54) is 11.1 Å². The molecule has 0 saturated heterocycles. The second-order valence-electron chi connectivity index (χ2n) is 4.72. The number of nitrogens with zero attached hydrogens (tertiary/aromatic N) is 1. The minimum Gasteiger partial charge on any atom is -0.480 e. The van der Waals surface area contributed by atoms with Gasteiger partial charge in [-0.1, -0.05) is 19.9 Å². The van der Waals surface area contributed by atoms with E-state index in [0.29, 0.717) is 6.42 Å². The molecule has 18 heavy (non-hydrogen) atoms. The van der Waals surface area contributed by atoms with Crippen LogP contribution >= 0.6 is 0 Å². The highest BCUT2D eigenvalue weighted by Crippen LogP contribution is 2.22. The molecule has 0 bridgehead atoms. The van der Waals surface area contributed by atoms with Crippen molar-refractivity contribution in [2.45, 2.75) is 46.6 Å². The van der Waals surface area contributed by atoms with Gasteiger partial charge in [0.25, 0.3) is 0 Å². The van der Waals surface area contributed by atoms with Gasteiger partial charge in [0.05, 0.1) is 0 Å². The molecule has 0 amide bonds. The highest BCUT2D eigenvalue weighted by Gasteiger charge is 2.23. The molecule has 1 rings (SSSR count). The summed E-state index contributed by atoms with van der Waals surface area (Å²) in [5.74, 6) is -0.746. The van der Waals surface area contributed by atoms with Crippen molar-refractivity contribution < 1.29 is 9.90 Å². The SMILES string of the molecule is CCCN(c1ccc(C)c(C)c1)[C@H](CC)C(=O)O. The van der Waals surface area contributed by atoms with Crippen molar-refractivity contribution in [3.8, 4) is 0 Å². The van der Waals surface area contributed by atoms with Crippen molar-refractivity contribution in [3.63, 3.8) is 0 Å². The topological polar surface area (TPSA) is 40.5 Å². The highest BCUT2D eigenvalue weighted by atomic mass is 16.4. The van der Waals surface area contributed by atoms with E-state index in [0.717, 1.165) is 18.7 Å². The van der Waals surface area contributed by atoms with Crippen LogP contribution in [0.15, 0.2) is 18.2 Å². The summed E-state index contributed by atoms with van der Waals surface area (Å²) < 4.78 is 0. The number of hydrogen-bond donors (Lipinski definition) is 1. The average molecular weight is 249 g/mol. The monoisotopic (exact) mass is 249 g/mol. The second kappa shape index (κ2) is 6.43. The largest absolute Gasteiger partial charge is 0.480 e. The van der Waals surface area contributed by atoms with Gasteiger partial charge >= 0.3 is 5.97 Å². The number of rotatable bonds is 6. The third-order valence-corrected chi connectivity index (χ3v) is 3.33. The fourth-order valence-electron chi connectivity index (χ4n) is 2.14. The number of aryl methyl sites for hydroxylation is 2. The van der Waals surface area contributed by atoms with Crippen LogP contribution in [0, 0.1) is 13.8 Å². The minimum absolute atomic E-state index is 0.438. The minimum atomic E-state index is -0.746. The predicted molar refractivity (Wildman–Crippen MR) is 75.3 cm³/mol. The van der Waals surface area contributed by atoms with E-state index in [1.54, 1.807) is 0 Å². The lowest BCUT2D eigenvalue weighted by Crippen LogP contribution is -2.41. The summed E-state index contributed by atoms with van der Waals surface area (Å²) in [5.41, 5.74) is 3.45. The van der Waals surface area contributed by atoms with Gasteiger partial charge in [0, 0.05) is 12.2 Å². The molecule has 3 nitrogen and oxygen atoms in total. The van der Waals surface area contributed by atoms with E-state index in [4.69, 9.17) is 0 Å². The van der Waals surface area contributed by atoms with Crippen LogP contribution < -0.4 is 4.90 Å². The lowest BCUT2D eigenvalue weighted by molar-refractivity contribution is -0.138. The Hall–Kier alpha value is -1.51. The molecule has 0 spiro atoms. The molecule has 3 heteroatoms. The molecule has 0 aliphatic rings. The van der Waals surface area contributed by atoms with Crippen molar-refractivity contribution in [2.24, 2.45) is 0 Å². The van der Waals surface area contributed by atoms with Crippen LogP contribution in [0.25, 0.3) is 0 Å². The Kier molecular flexibility index (Phi) is 5.20. The first-order valence-corrected chi connectivity index (χ1v) is 6.57. The van der Waals surface area contributed by atoms with Gasteiger partial charge in [-0.05, 0) is 49.9 Å². The molecule has 1 aromatic rings. The Morgan fingerprint density at radius 3 is 2.39 bits per heavy atom. The van der Waals surface area contributed by atoms with Gasteiger partial charge in [0.1, 0.15) is 6.04 Å². The fourth-order valence-corrected chi connectivity index (χ4v) is 2.14. The summed E-state index contributed by atoms with van der Waals surface area (Å²) in [7, 11) is 0. The van der Waals surface area contributed by atoms with Gasteiger partial charge in [-0.25, -0.2) is 4.79 Å². The standard InChI is InChI=1S/C15H23NO2/c1-5-9-16(14(6-2)15(17)18)13-8-7-11(3)12(4)10-13/h7-8,10,14H,5-6,9H2,1-4H3,(H,17,18)/t14-/m1/s1. The number of carboxylic acids is 1. The Morgan fingerprint density at radius 1 is 1.28 bits per heavy atom. The average Bonchev–Trinajstić information content (AvgIpc) is 2.32. The van der Waals surface area contributed by atoms with Crippen molar-refractivity contribution in [1.29, 1.82) is 0 Å². The van der Waals surface area contributed by atoms with Crippen LogP contribution in [0.5, 0.6) is 0 Å². The van der Waals surface area contributed by atoms with E-state index in [1.807, 2.05) is 17.9 Å². The summed E-state index contributed by atoms with van der Waals surface area (Å²) in [5, 5.41) is 9.31. The first-order chi connectivity index (χ1) is 8.51. The number of aliphatic carboxylic acids is 1. The zero-order chi connectivity index (χ0) is 13.7. The molecule has 0 aliphatic heterocycles. The van der Waals surface area contributed by atoms with Crippen molar-refractivity contribution in [2.75, 3.05) is 11.4 Å². The molecule has 100 valence electrons. The zero-order valence-corrected chi connectivity index (χ0v) is 11.7. The van der Waals surface area contributed by atoms with Crippen LogP contribution in [0.1, 0.15) is 37.8 Å². The van der Waals surface area contributed by atoms with Gasteiger partial charge in [-0.15, -0.1) is 0 Å². The normalized spacial score (nSPS) is 12.2. The predicted octanol–water partition coefficient (Wildman–Crippen LogP) is 3.38. The molecule has 0 unspecified atom stereocenters. The molecule has 0 radical (unpaired) electrons. The summed E-state index contributed by atoms with van der Waals surface area (Å²) in [6.45, 7) is 8.89. The lowest BCUT2D eigenvalue weighted by Gasteiger charge is -2.30. The molecular weight excluding hydrogens is 226 g/mol. The maximum Gasteiger partial charge on any atom is 0.326 e. The third-order valence-electron chi connectivity index (χ3n) is 3.33. The molecule has 0 aliphatic carbocycles. The van der Waals surface area contributed by atoms with Gasteiger partial charge in [-0.2, -0.15) is 0 Å². The first-order valence-electron chi connectivity index (χ1n) is 6.57. The van der Waals surface area contributed by atoms with E-state index < -0.39 is 12.0 Å². The van der Waals surface area contributed by atoms with Crippen molar-refractivity contribution in [3.05, 3.63) is 29.3 Å². The van der Waals surface area contributed by atoms with Crippen molar-refractivity contribution in [1.82, 2.24) is 0 Å². The highest BCUT2D eigenvalue weighted by molar-refractivity contribution is 5.78. The Morgan fingerprint density at radius 2 is 1.94 bits per heavy atom. The number of benzene rings is 1. The van der Waals surface area contributed by atoms with Crippen LogP contribution in [0.2, 0.25) is 0 Å². The van der Waals surface area contributed by atoms with E-state index in [-0.39, 0.29) is 0 Å². The Labute approximate surface area is 109 Å². The van der Waals surface area contributed by atoms with Crippen LogP contribution in [0.4, 0.5) is 5.69 Å². The van der Waals surface area contributed by atoms with E-state index in [2.05, 4.69) is 32.9 Å². The van der Waals surface area contributed by atoms with Gasteiger partial charge in [0.15, 0.2) is 0 Å². The number of hydrogen-bond acceptors (Lipinski definition) is 2. The van der Waals surface area contributed by atoms with E-state index in [9.17, 15) is 9.90 Å². The quantitative estimate of drug-likeness (QED) is 0.840. The first kappa shape index (κ1) is 14.6. The number of carbonyl (C=O) groups is 1. The Bertz CT molecular complexity index is 415. The molecule has 0 saturated carbocycles. The van der Waals surface area contributed by atoms with Crippen LogP contribution in [0.3, 0.4) is 0 Å². The number of carboxylic acid groups (broad SMARTS) is 1. The summed E-state index contributed by atoms with van der Waals surface area (Å²) in [6, 6.07) is 5.72. The van der Waals surface area contributed by atoms with Gasteiger partial charge in [-0.3, -0.25) is 0 Å². The summed E-state index contributed by atoms with van der Waals surface area (Å²) in [6.07, 6.45) is 1.55. The van der Waals surface area contributed by atoms with E-state index >= 15 is 0 Å². The third kappa shape index (κ3) is 3.25. The molecule has 1 atom stereocenters. The van der Waals surface area contributed by atoms with Gasteiger partial charge < -0.3 is 10.0 Å². The Balaban J connectivity index is 3.10. The molecule has 0 fully saturated rings. The lowest BCUT2D eigenvalue weighted by atomic mass is 10.1. The van der Waals surface area contributed by atoms with Crippen LogP contribution in [-0.2, 0) is 4.79 Å². The molecular formula is C15H23NO2. The summed E-state index contributed by atoms with van der Waals surface area (Å²) in [4.78, 5) is 13.3. The summed E-state index contributed by atoms with van der Waals surface area (Å²) >= 11 is 0. The molecule has 1 aromatic carbocycles. The zero-order valence-electron chi connectivity index (χ0n) is 11.7. The number of anilines is 1. The van der Waals surface area contributed by atoms with Gasteiger partial charge in [0.2, 0.25) is 0 Å².